The number of rotatable bonds is 1. The molecule has 0 aromatic carbocycles. The fourth-order valence-corrected chi connectivity index (χ4v) is 4.69. The van der Waals surface area contributed by atoms with E-state index in [2.05, 4.69) is 20.8 Å². The minimum atomic E-state index is -0.211. The van der Waals surface area contributed by atoms with Gasteiger partial charge in [0.1, 0.15) is 5.78 Å². The number of hydrogen-bond donors (Lipinski definition) is 0. The molecule has 0 aromatic heterocycles. The fraction of sp³-hybridized carbons (Fsp3) is 0.857. The van der Waals surface area contributed by atoms with Gasteiger partial charge in [-0.05, 0) is 30.1 Å². The second kappa shape index (κ2) is 2.76. The second-order valence-electron chi connectivity index (χ2n) is 7.01. The van der Waals surface area contributed by atoms with E-state index < -0.39 is 0 Å². The summed E-state index contributed by atoms with van der Waals surface area (Å²) in [5.74, 6) is -0.174. The Morgan fingerprint density at radius 3 is 2.53 bits per heavy atom. The van der Waals surface area contributed by atoms with Crippen LogP contribution in [0, 0.1) is 28.1 Å². The molecule has 0 aromatic rings. The van der Waals surface area contributed by atoms with E-state index in [0.29, 0.717) is 5.78 Å². The lowest BCUT2D eigenvalue weighted by atomic mass is 9.63. The average Bonchev–Trinajstić information content (AvgIpc) is 2.82. The first-order chi connectivity index (χ1) is 7.80. The summed E-state index contributed by atoms with van der Waals surface area (Å²) in [4.78, 5) is 24.6. The zero-order valence-electron chi connectivity index (χ0n) is 11.0. The lowest BCUT2D eigenvalue weighted by molar-refractivity contribution is -0.154. The molecule has 0 N–H and O–H groups in total. The summed E-state index contributed by atoms with van der Waals surface area (Å²) in [6.07, 6.45) is 2.90. The Morgan fingerprint density at radius 2 is 1.94 bits per heavy atom. The smallest absolute Gasteiger partial charge is 0.310 e. The predicted octanol–water partition coefficient (Wildman–Crippen LogP) is 2.19. The van der Waals surface area contributed by atoms with Crippen LogP contribution in [0.25, 0.3) is 0 Å². The zero-order chi connectivity index (χ0) is 12.6. The maximum atomic E-state index is 12.6. The standard InChI is InChI=1S/C14H20O3/c1-12(2)5-6-14-7-13(14,3)9(11(16)17-4)8(12)10(14)15/h8-9H,5-7H2,1-4H3/t8-,9-,13+,14+/m1/s1. The van der Waals surface area contributed by atoms with Crippen molar-refractivity contribution in [3.8, 4) is 0 Å². The molecule has 3 heteroatoms. The Kier molecular flexibility index (Phi) is 1.82. The van der Waals surface area contributed by atoms with Crippen LogP contribution in [0.3, 0.4) is 0 Å². The first-order valence-electron chi connectivity index (χ1n) is 6.42. The van der Waals surface area contributed by atoms with Crippen molar-refractivity contribution >= 4 is 11.8 Å². The normalized spacial score (nSPS) is 49.8. The maximum Gasteiger partial charge on any atom is 0.310 e. The molecule has 2 bridgehead atoms. The van der Waals surface area contributed by atoms with Crippen LogP contribution in [0.2, 0.25) is 0 Å². The minimum absolute atomic E-state index is 0.0579. The topological polar surface area (TPSA) is 43.4 Å². The van der Waals surface area contributed by atoms with E-state index in [1.165, 1.54) is 7.11 Å². The summed E-state index contributed by atoms with van der Waals surface area (Å²) in [5, 5.41) is 0. The molecule has 0 heterocycles. The molecule has 3 aliphatic rings. The van der Waals surface area contributed by atoms with Gasteiger partial charge in [-0.25, -0.2) is 0 Å². The Bertz CT molecular complexity index is 425. The first kappa shape index (κ1) is 11.2. The molecule has 3 saturated carbocycles. The van der Waals surface area contributed by atoms with Crippen molar-refractivity contribution in [3.05, 3.63) is 0 Å². The number of esters is 1. The maximum absolute atomic E-state index is 12.6. The summed E-state index contributed by atoms with van der Waals surface area (Å²) in [5.41, 5.74) is -0.348. The van der Waals surface area contributed by atoms with Crippen LogP contribution < -0.4 is 0 Å². The van der Waals surface area contributed by atoms with Crippen molar-refractivity contribution in [1.82, 2.24) is 0 Å². The average molecular weight is 236 g/mol. The van der Waals surface area contributed by atoms with Gasteiger partial charge < -0.3 is 4.74 Å². The summed E-state index contributed by atoms with van der Waals surface area (Å²) in [6, 6.07) is 0. The third-order valence-electron chi connectivity index (χ3n) is 5.90. The van der Waals surface area contributed by atoms with Gasteiger partial charge in [-0.1, -0.05) is 20.8 Å². The lowest BCUT2D eigenvalue weighted by Gasteiger charge is -2.39. The molecule has 0 unspecified atom stereocenters. The SMILES string of the molecule is COC(=O)[C@H]1[C@@H]2C(=O)[C@]3(CCC2(C)C)C[C@@]13C. The summed E-state index contributed by atoms with van der Waals surface area (Å²) < 4.78 is 4.95. The molecule has 3 fully saturated rings. The molecule has 17 heavy (non-hydrogen) atoms. The Morgan fingerprint density at radius 1 is 1.29 bits per heavy atom. The van der Waals surface area contributed by atoms with Crippen LogP contribution in [0.5, 0.6) is 0 Å². The number of fused-ring (bicyclic) bond motifs is 1. The van der Waals surface area contributed by atoms with Gasteiger partial charge in [0.2, 0.25) is 0 Å². The fourth-order valence-electron chi connectivity index (χ4n) is 4.69. The number of carbonyl (C=O) groups excluding carboxylic acids is 2. The van der Waals surface area contributed by atoms with Gasteiger partial charge in [0, 0.05) is 11.3 Å². The first-order valence-corrected chi connectivity index (χ1v) is 6.42. The molecule has 94 valence electrons. The van der Waals surface area contributed by atoms with Gasteiger partial charge >= 0.3 is 5.97 Å². The van der Waals surface area contributed by atoms with Gasteiger partial charge in [-0.15, -0.1) is 0 Å². The molecule has 0 aliphatic heterocycles. The number of ketones is 1. The van der Waals surface area contributed by atoms with E-state index in [4.69, 9.17) is 4.74 Å². The van der Waals surface area contributed by atoms with Gasteiger partial charge in [-0.2, -0.15) is 0 Å². The summed E-state index contributed by atoms with van der Waals surface area (Å²) >= 11 is 0. The molecule has 4 atom stereocenters. The van der Waals surface area contributed by atoms with E-state index in [0.717, 1.165) is 19.3 Å². The monoisotopic (exact) mass is 236 g/mol. The molecular weight excluding hydrogens is 216 g/mol. The van der Waals surface area contributed by atoms with Crippen LogP contribution in [0.15, 0.2) is 0 Å². The van der Waals surface area contributed by atoms with Crippen molar-refractivity contribution in [2.24, 2.45) is 28.1 Å². The van der Waals surface area contributed by atoms with E-state index in [-0.39, 0.29) is 34.1 Å². The van der Waals surface area contributed by atoms with Gasteiger partial charge in [0.05, 0.1) is 13.0 Å². The molecule has 0 radical (unpaired) electrons. The van der Waals surface area contributed by atoms with Crippen LogP contribution in [0.1, 0.15) is 40.0 Å². The van der Waals surface area contributed by atoms with Crippen molar-refractivity contribution in [2.75, 3.05) is 7.11 Å². The van der Waals surface area contributed by atoms with Crippen molar-refractivity contribution in [3.63, 3.8) is 0 Å². The van der Waals surface area contributed by atoms with E-state index >= 15 is 0 Å². The highest BCUT2D eigenvalue weighted by Crippen LogP contribution is 2.81. The molecule has 0 saturated heterocycles. The van der Waals surface area contributed by atoms with Crippen LogP contribution in [0.4, 0.5) is 0 Å². The molecular formula is C14H20O3. The quantitative estimate of drug-likeness (QED) is 0.655. The number of methoxy groups -OCH3 is 1. The third kappa shape index (κ3) is 1.000. The van der Waals surface area contributed by atoms with Gasteiger partial charge in [-0.3, -0.25) is 9.59 Å². The highest BCUT2D eigenvalue weighted by atomic mass is 16.5. The highest BCUT2D eigenvalue weighted by molar-refractivity contribution is 6.01. The van der Waals surface area contributed by atoms with Gasteiger partial charge in [0.15, 0.2) is 0 Å². The molecule has 0 amide bonds. The summed E-state index contributed by atoms with van der Waals surface area (Å²) in [6.45, 7) is 6.34. The summed E-state index contributed by atoms with van der Waals surface area (Å²) in [7, 11) is 1.43. The lowest BCUT2D eigenvalue weighted by Crippen LogP contribution is -2.42. The van der Waals surface area contributed by atoms with Crippen molar-refractivity contribution in [1.29, 1.82) is 0 Å². The largest absolute Gasteiger partial charge is 0.469 e. The highest BCUT2D eigenvalue weighted by Gasteiger charge is 2.83. The number of ether oxygens (including phenoxy) is 1. The van der Waals surface area contributed by atoms with Crippen LogP contribution in [-0.2, 0) is 14.3 Å². The van der Waals surface area contributed by atoms with Crippen LogP contribution in [-0.4, -0.2) is 18.9 Å². The van der Waals surface area contributed by atoms with Gasteiger partial charge in [0.25, 0.3) is 0 Å². The number of hydrogen-bond acceptors (Lipinski definition) is 3. The van der Waals surface area contributed by atoms with E-state index in [9.17, 15) is 9.59 Å². The number of carbonyl (C=O) groups is 2. The predicted molar refractivity (Wildman–Crippen MR) is 62.2 cm³/mol. The van der Waals surface area contributed by atoms with E-state index in [1.54, 1.807) is 0 Å². The Labute approximate surface area is 102 Å². The molecule has 3 nitrogen and oxygen atoms in total. The molecule has 3 aliphatic carbocycles. The Balaban J connectivity index is 2.10. The Hall–Kier alpha value is -0.860. The molecule has 1 spiro atoms. The van der Waals surface area contributed by atoms with E-state index in [1.807, 2.05) is 0 Å². The third-order valence-corrected chi connectivity index (χ3v) is 5.90. The number of Topliss-reactive ketones (excluding diaryl/α,β-unsaturated/α-hetero) is 1. The minimum Gasteiger partial charge on any atom is -0.469 e. The second-order valence-corrected chi connectivity index (χ2v) is 7.01. The van der Waals surface area contributed by atoms with Crippen LogP contribution >= 0.6 is 0 Å². The zero-order valence-corrected chi connectivity index (χ0v) is 11.0. The van der Waals surface area contributed by atoms with Crippen molar-refractivity contribution in [2.45, 2.75) is 40.0 Å². The van der Waals surface area contributed by atoms with Crippen molar-refractivity contribution < 1.29 is 14.3 Å². The molecule has 3 rings (SSSR count).